The van der Waals surface area contributed by atoms with Gasteiger partial charge in [-0.05, 0) is 25.3 Å². The summed E-state index contributed by atoms with van der Waals surface area (Å²) in [7, 11) is 0. The molecule has 2 aliphatic rings. The van der Waals surface area contributed by atoms with Gasteiger partial charge in [0.25, 0.3) is 5.91 Å². The van der Waals surface area contributed by atoms with Gasteiger partial charge in [-0.2, -0.15) is 0 Å². The SMILES string of the molecule is CC1=CCCC2C(NC(=O)C(N)c3ccccc3)C(=O)N12. The zero-order valence-electron chi connectivity index (χ0n) is 12.0. The predicted octanol–water partition coefficient (Wildman–Crippen LogP) is 1.08. The fraction of sp³-hybridized carbons (Fsp3) is 0.375. The third kappa shape index (κ3) is 2.34. The van der Waals surface area contributed by atoms with Crippen LogP contribution in [0.15, 0.2) is 42.1 Å². The Kier molecular flexibility index (Phi) is 3.51. The highest BCUT2D eigenvalue weighted by molar-refractivity contribution is 5.96. The summed E-state index contributed by atoms with van der Waals surface area (Å²) in [6.45, 7) is 1.93. The van der Waals surface area contributed by atoms with Crippen LogP contribution in [-0.4, -0.2) is 28.8 Å². The summed E-state index contributed by atoms with van der Waals surface area (Å²) in [4.78, 5) is 26.1. The Morgan fingerprint density at radius 2 is 2.10 bits per heavy atom. The van der Waals surface area contributed by atoms with E-state index in [-0.39, 0.29) is 17.9 Å². The van der Waals surface area contributed by atoms with E-state index in [0.29, 0.717) is 0 Å². The molecule has 3 N–H and O–H groups in total. The third-order valence-corrected chi connectivity index (χ3v) is 4.24. The average Bonchev–Trinajstić information content (AvgIpc) is 2.51. The molecular formula is C16H19N3O2. The predicted molar refractivity (Wildman–Crippen MR) is 78.9 cm³/mol. The van der Waals surface area contributed by atoms with Crippen molar-refractivity contribution in [1.29, 1.82) is 0 Å². The quantitative estimate of drug-likeness (QED) is 0.816. The molecular weight excluding hydrogens is 266 g/mol. The number of rotatable bonds is 3. The summed E-state index contributed by atoms with van der Waals surface area (Å²) in [6, 6.07) is 8.08. The summed E-state index contributed by atoms with van der Waals surface area (Å²) in [5, 5.41) is 2.80. The molecule has 5 heteroatoms. The molecule has 0 aromatic heterocycles. The maximum Gasteiger partial charge on any atom is 0.251 e. The number of nitrogens with zero attached hydrogens (tertiary/aromatic N) is 1. The molecule has 2 heterocycles. The minimum atomic E-state index is -0.742. The van der Waals surface area contributed by atoms with E-state index in [1.54, 1.807) is 4.90 Å². The van der Waals surface area contributed by atoms with E-state index in [2.05, 4.69) is 11.4 Å². The molecule has 3 rings (SSSR count). The Labute approximate surface area is 123 Å². The van der Waals surface area contributed by atoms with Crippen LogP contribution in [0.2, 0.25) is 0 Å². The maximum atomic E-state index is 12.2. The van der Waals surface area contributed by atoms with Gasteiger partial charge in [0.15, 0.2) is 0 Å². The fourth-order valence-electron chi connectivity index (χ4n) is 3.05. The van der Waals surface area contributed by atoms with Gasteiger partial charge in [-0.1, -0.05) is 36.4 Å². The van der Waals surface area contributed by atoms with Crippen molar-refractivity contribution in [3.63, 3.8) is 0 Å². The first-order valence-corrected chi connectivity index (χ1v) is 7.20. The largest absolute Gasteiger partial charge is 0.341 e. The van der Waals surface area contributed by atoms with E-state index in [4.69, 9.17) is 5.73 Å². The van der Waals surface area contributed by atoms with Crippen LogP contribution in [0.4, 0.5) is 0 Å². The minimum Gasteiger partial charge on any atom is -0.341 e. The van der Waals surface area contributed by atoms with Crippen molar-refractivity contribution in [3.05, 3.63) is 47.7 Å². The monoisotopic (exact) mass is 285 g/mol. The second-order valence-electron chi connectivity index (χ2n) is 5.57. The smallest absolute Gasteiger partial charge is 0.251 e. The van der Waals surface area contributed by atoms with Gasteiger partial charge in [0.05, 0.1) is 6.04 Å². The number of amides is 2. The Hall–Kier alpha value is -2.14. The van der Waals surface area contributed by atoms with Gasteiger partial charge in [0.2, 0.25) is 5.91 Å². The van der Waals surface area contributed by atoms with Gasteiger partial charge in [-0.25, -0.2) is 0 Å². The topological polar surface area (TPSA) is 75.4 Å². The molecule has 21 heavy (non-hydrogen) atoms. The Balaban J connectivity index is 1.67. The number of benzene rings is 1. The van der Waals surface area contributed by atoms with Crippen molar-refractivity contribution in [3.8, 4) is 0 Å². The highest BCUT2D eigenvalue weighted by Crippen LogP contribution is 2.32. The molecule has 1 saturated heterocycles. The molecule has 2 amide bonds. The molecule has 1 fully saturated rings. The van der Waals surface area contributed by atoms with Crippen molar-refractivity contribution in [1.82, 2.24) is 10.2 Å². The number of hydrogen-bond acceptors (Lipinski definition) is 3. The van der Waals surface area contributed by atoms with Crippen LogP contribution in [0.5, 0.6) is 0 Å². The van der Waals surface area contributed by atoms with Crippen LogP contribution >= 0.6 is 0 Å². The number of carbonyl (C=O) groups excluding carboxylic acids is 2. The second kappa shape index (κ2) is 5.33. The van der Waals surface area contributed by atoms with Crippen molar-refractivity contribution in [2.24, 2.45) is 5.73 Å². The van der Waals surface area contributed by atoms with Gasteiger partial charge in [-0.15, -0.1) is 0 Å². The molecule has 0 spiro atoms. The lowest BCUT2D eigenvalue weighted by atomic mass is 9.86. The van der Waals surface area contributed by atoms with E-state index in [1.165, 1.54) is 0 Å². The van der Waals surface area contributed by atoms with E-state index >= 15 is 0 Å². The first-order chi connectivity index (χ1) is 10.1. The fourth-order valence-corrected chi connectivity index (χ4v) is 3.05. The van der Waals surface area contributed by atoms with Gasteiger partial charge >= 0.3 is 0 Å². The van der Waals surface area contributed by atoms with E-state index in [9.17, 15) is 9.59 Å². The van der Waals surface area contributed by atoms with Crippen molar-refractivity contribution in [2.45, 2.75) is 37.9 Å². The van der Waals surface area contributed by atoms with Gasteiger partial charge in [-0.3, -0.25) is 9.59 Å². The van der Waals surface area contributed by atoms with Crippen molar-refractivity contribution in [2.75, 3.05) is 0 Å². The number of carbonyl (C=O) groups is 2. The third-order valence-electron chi connectivity index (χ3n) is 4.24. The lowest BCUT2D eigenvalue weighted by Crippen LogP contribution is -2.71. The number of β-lactam (4-membered cyclic amide) rings is 1. The van der Waals surface area contributed by atoms with E-state index in [1.807, 2.05) is 37.3 Å². The average molecular weight is 285 g/mol. The standard InChI is InChI=1S/C16H19N3O2/c1-10-6-5-9-12-14(16(21)19(10)12)18-15(20)13(17)11-7-3-2-4-8-11/h2-4,6-8,12-14H,5,9,17H2,1H3,(H,18,20). The Morgan fingerprint density at radius 1 is 1.38 bits per heavy atom. The van der Waals surface area contributed by atoms with Crippen LogP contribution in [0.1, 0.15) is 31.4 Å². The lowest BCUT2D eigenvalue weighted by molar-refractivity contribution is -0.151. The molecule has 2 aliphatic heterocycles. The normalized spacial score (nSPS) is 25.5. The molecule has 1 aromatic rings. The number of nitrogens with two attached hydrogens (primary N) is 1. The van der Waals surface area contributed by atoms with Crippen LogP contribution < -0.4 is 11.1 Å². The Morgan fingerprint density at radius 3 is 2.81 bits per heavy atom. The van der Waals surface area contributed by atoms with Crippen LogP contribution in [0.3, 0.4) is 0 Å². The van der Waals surface area contributed by atoms with Crippen molar-refractivity contribution < 1.29 is 9.59 Å². The molecule has 1 aromatic carbocycles. The number of allylic oxidation sites excluding steroid dienone is 2. The van der Waals surface area contributed by atoms with Crippen LogP contribution in [-0.2, 0) is 9.59 Å². The molecule has 0 radical (unpaired) electrons. The number of fused-ring (bicyclic) bond motifs is 1. The summed E-state index contributed by atoms with van der Waals surface area (Å²) in [5.74, 6) is -0.339. The minimum absolute atomic E-state index is 0.0398. The molecule has 0 bridgehead atoms. The number of hydrogen-bond donors (Lipinski definition) is 2. The molecule has 110 valence electrons. The van der Waals surface area contributed by atoms with Gasteiger partial charge in [0.1, 0.15) is 12.1 Å². The van der Waals surface area contributed by atoms with Crippen LogP contribution in [0, 0.1) is 0 Å². The zero-order chi connectivity index (χ0) is 15.0. The molecule has 0 saturated carbocycles. The van der Waals surface area contributed by atoms with Crippen LogP contribution in [0.25, 0.3) is 0 Å². The zero-order valence-corrected chi connectivity index (χ0v) is 12.0. The van der Waals surface area contributed by atoms with E-state index < -0.39 is 12.1 Å². The summed E-state index contributed by atoms with van der Waals surface area (Å²) in [6.07, 6.45) is 3.88. The highest BCUT2D eigenvalue weighted by atomic mass is 16.2. The second-order valence-corrected chi connectivity index (χ2v) is 5.57. The summed E-state index contributed by atoms with van der Waals surface area (Å²) < 4.78 is 0. The van der Waals surface area contributed by atoms with Gasteiger partial charge in [0, 0.05) is 5.70 Å². The Bertz CT molecular complexity index is 597. The summed E-state index contributed by atoms with van der Waals surface area (Å²) >= 11 is 0. The molecule has 3 atom stereocenters. The van der Waals surface area contributed by atoms with Crippen molar-refractivity contribution >= 4 is 11.8 Å². The highest BCUT2D eigenvalue weighted by Gasteiger charge is 2.49. The lowest BCUT2D eigenvalue weighted by Gasteiger charge is -2.49. The molecule has 0 aliphatic carbocycles. The van der Waals surface area contributed by atoms with E-state index in [0.717, 1.165) is 24.1 Å². The van der Waals surface area contributed by atoms with Gasteiger partial charge < -0.3 is 16.0 Å². The maximum absolute atomic E-state index is 12.2. The summed E-state index contributed by atoms with van der Waals surface area (Å²) in [5.41, 5.74) is 7.69. The first-order valence-electron chi connectivity index (χ1n) is 7.20. The molecule has 3 unspecified atom stereocenters. The number of nitrogens with one attached hydrogen (secondary N) is 1. The molecule has 5 nitrogen and oxygen atoms in total. The first kappa shape index (κ1) is 13.8.